The molecule has 1 amide bonds. The number of rotatable bonds is 6. The van der Waals surface area contributed by atoms with Crippen LogP contribution in [0.25, 0.3) is 0 Å². The monoisotopic (exact) mass is 279 g/mol. The number of carbonyl (C=O) groups is 3. The fraction of sp³-hybridized carbons (Fsp3) is 0.357. The molecule has 108 valence electrons. The molecule has 20 heavy (non-hydrogen) atoms. The Morgan fingerprint density at radius 2 is 1.80 bits per heavy atom. The van der Waals surface area contributed by atoms with E-state index in [0.29, 0.717) is 0 Å². The van der Waals surface area contributed by atoms with Crippen molar-refractivity contribution in [2.24, 2.45) is 0 Å². The number of benzene rings is 1. The van der Waals surface area contributed by atoms with E-state index in [1.165, 1.54) is 18.2 Å². The predicted octanol–water partition coefficient (Wildman–Crippen LogP) is 1.81. The average Bonchev–Trinajstić information content (AvgIpc) is 2.43. The highest BCUT2D eigenvalue weighted by Gasteiger charge is 2.22. The molecule has 1 aromatic rings. The van der Waals surface area contributed by atoms with E-state index in [0.717, 1.165) is 4.90 Å². The van der Waals surface area contributed by atoms with Crippen LogP contribution in [0.2, 0.25) is 0 Å². The van der Waals surface area contributed by atoms with E-state index in [2.05, 4.69) is 0 Å². The minimum atomic E-state index is -1.17. The first-order chi connectivity index (χ1) is 9.40. The van der Waals surface area contributed by atoms with Gasteiger partial charge in [-0.15, -0.1) is 0 Å². The van der Waals surface area contributed by atoms with Gasteiger partial charge in [-0.3, -0.25) is 14.4 Å². The lowest BCUT2D eigenvalue weighted by atomic mass is 10.0. The molecule has 0 atom stereocenters. The van der Waals surface area contributed by atoms with Gasteiger partial charge in [-0.05, 0) is 18.2 Å². The van der Waals surface area contributed by atoms with Gasteiger partial charge in [-0.25, -0.2) is 0 Å². The standard InChI is InChI=1S/C14H17NO5/c1-3-12(17)10-7-9(16)5-6-11(10)15(8-14(19)20)13(18)4-2/h5-7,16H,3-4,8H2,1-2H3,(H,19,20). The first-order valence-electron chi connectivity index (χ1n) is 6.29. The molecule has 1 rings (SSSR count). The Morgan fingerprint density at radius 3 is 2.30 bits per heavy atom. The SMILES string of the molecule is CCC(=O)c1cc(O)ccc1N(CC(=O)O)C(=O)CC. The molecular weight excluding hydrogens is 262 g/mol. The Balaban J connectivity index is 3.35. The number of aliphatic carboxylic acids is 1. The third-order valence-corrected chi connectivity index (χ3v) is 2.79. The van der Waals surface area contributed by atoms with Crippen LogP contribution in [0.1, 0.15) is 37.0 Å². The second-order valence-electron chi connectivity index (χ2n) is 4.21. The number of aromatic hydroxyl groups is 1. The molecule has 1 aromatic carbocycles. The quantitative estimate of drug-likeness (QED) is 0.774. The number of phenols is 1. The van der Waals surface area contributed by atoms with Crippen molar-refractivity contribution >= 4 is 23.3 Å². The Kier molecular flexibility index (Phi) is 5.25. The second-order valence-corrected chi connectivity index (χ2v) is 4.21. The zero-order valence-electron chi connectivity index (χ0n) is 11.4. The lowest BCUT2D eigenvalue weighted by Gasteiger charge is -2.22. The molecule has 6 nitrogen and oxygen atoms in total. The van der Waals surface area contributed by atoms with Crippen molar-refractivity contribution < 1.29 is 24.6 Å². The maximum atomic E-state index is 11.9. The number of carboxylic acid groups (broad SMARTS) is 1. The lowest BCUT2D eigenvalue weighted by Crippen LogP contribution is -2.36. The van der Waals surface area contributed by atoms with Crippen molar-refractivity contribution in [3.05, 3.63) is 23.8 Å². The summed E-state index contributed by atoms with van der Waals surface area (Å²) in [6.45, 7) is 2.74. The molecule has 6 heteroatoms. The summed E-state index contributed by atoms with van der Waals surface area (Å²) in [6.07, 6.45) is 0.311. The highest BCUT2D eigenvalue weighted by molar-refractivity contribution is 6.07. The molecular formula is C14H17NO5. The van der Waals surface area contributed by atoms with Gasteiger partial charge in [0.05, 0.1) is 5.69 Å². The zero-order valence-corrected chi connectivity index (χ0v) is 11.4. The topological polar surface area (TPSA) is 94.9 Å². The van der Waals surface area contributed by atoms with Crippen molar-refractivity contribution in [1.82, 2.24) is 0 Å². The second kappa shape index (κ2) is 6.70. The predicted molar refractivity (Wildman–Crippen MR) is 73.0 cm³/mol. The van der Waals surface area contributed by atoms with Crippen molar-refractivity contribution in [1.29, 1.82) is 0 Å². The number of hydrogen-bond donors (Lipinski definition) is 2. The highest BCUT2D eigenvalue weighted by Crippen LogP contribution is 2.26. The van der Waals surface area contributed by atoms with E-state index in [9.17, 15) is 19.5 Å². The molecule has 0 bridgehead atoms. The first kappa shape index (κ1) is 15.7. The van der Waals surface area contributed by atoms with Crippen LogP contribution in [-0.4, -0.2) is 34.4 Å². The Bertz CT molecular complexity index is 538. The minimum Gasteiger partial charge on any atom is -0.508 e. The molecule has 0 heterocycles. The maximum absolute atomic E-state index is 11.9. The summed E-state index contributed by atoms with van der Waals surface area (Å²) in [7, 11) is 0. The normalized spacial score (nSPS) is 10.1. The van der Waals surface area contributed by atoms with E-state index in [1.807, 2.05) is 0 Å². The number of anilines is 1. The Labute approximate surface area is 116 Å². The Hall–Kier alpha value is -2.37. The van der Waals surface area contributed by atoms with Gasteiger partial charge in [-0.2, -0.15) is 0 Å². The van der Waals surface area contributed by atoms with E-state index < -0.39 is 18.4 Å². The lowest BCUT2D eigenvalue weighted by molar-refractivity contribution is -0.136. The van der Waals surface area contributed by atoms with Gasteiger partial charge in [0.2, 0.25) is 5.91 Å². The highest BCUT2D eigenvalue weighted by atomic mass is 16.4. The van der Waals surface area contributed by atoms with Crippen LogP contribution in [0.15, 0.2) is 18.2 Å². The largest absolute Gasteiger partial charge is 0.508 e. The van der Waals surface area contributed by atoms with Crippen LogP contribution in [0.3, 0.4) is 0 Å². The van der Waals surface area contributed by atoms with Gasteiger partial charge in [-0.1, -0.05) is 13.8 Å². The van der Waals surface area contributed by atoms with Crippen LogP contribution in [0, 0.1) is 0 Å². The van der Waals surface area contributed by atoms with Crippen molar-refractivity contribution in [2.45, 2.75) is 26.7 Å². The van der Waals surface area contributed by atoms with Gasteiger partial charge in [0.25, 0.3) is 0 Å². The third-order valence-electron chi connectivity index (χ3n) is 2.79. The van der Waals surface area contributed by atoms with Crippen LogP contribution in [0.4, 0.5) is 5.69 Å². The number of ketones is 1. The number of hydrogen-bond acceptors (Lipinski definition) is 4. The molecule has 0 aromatic heterocycles. The molecule has 0 spiro atoms. The van der Waals surface area contributed by atoms with E-state index in [-0.39, 0.29) is 35.6 Å². The van der Waals surface area contributed by atoms with Crippen LogP contribution in [0.5, 0.6) is 5.75 Å². The van der Waals surface area contributed by atoms with Gasteiger partial charge in [0.15, 0.2) is 5.78 Å². The van der Waals surface area contributed by atoms with Crippen LogP contribution >= 0.6 is 0 Å². The number of Topliss-reactive ketones (excluding diaryl/α,β-unsaturated/α-hetero) is 1. The molecule has 0 aliphatic carbocycles. The summed E-state index contributed by atoms with van der Waals surface area (Å²) in [6, 6.07) is 3.95. The van der Waals surface area contributed by atoms with Crippen molar-refractivity contribution in [2.75, 3.05) is 11.4 Å². The number of carboxylic acids is 1. The number of amides is 1. The summed E-state index contributed by atoms with van der Waals surface area (Å²) in [5.41, 5.74) is 0.361. The van der Waals surface area contributed by atoms with Gasteiger partial charge < -0.3 is 15.1 Å². The van der Waals surface area contributed by atoms with Gasteiger partial charge in [0.1, 0.15) is 12.3 Å². The van der Waals surface area contributed by atoms with E-state index in [4.69, 9.17) is 5.11 Å². The molecule has 0 aliphatic rings. The van der Waals surface area contributed by atoms with Gasteiger partial charge in [0, 0.05) is 18.4 Å². The summed E-state index contributed by atoms with van der Waals surface area (Å²) in [5, 5.41) is 18.4. The molecule has 0 fully saturated rings. The molecule has 0 saturated heterocycles. The summed E-state index contributed by atoms with van der Waals surface area (Å²) in [5.74, 6) is -1.95. The number of carbonyl (C=O) groups excluding carboxylic acids is 2. The summed E-state index contributed by atoms with van der Waals surface area (Å²) >= 11 is 0. The van der Waals surface area contributed by atoms with E-state index in [1.54, 1.807) is 13.8 Å². The fourth-order valence-corrected chi connectivity index (χ4v) is 1.81. The maximum Gasteiger partial charge on any atom is 0.323 e. The first-order valence-corrected chi connectivity index (χ1v) is 6.29. The van der Waals surface area contributed by atoms with Crippen LogP contribution in [-0.2, 0) is 9.59 Å². The van der Waals surface area contributed by atoms with Crippen molar-refractivity contribution in [3.8, 4) is 5.75 Å². The third kappa shape index (κ3) is 3.57. The summed E-state index contributed by atoms with van der Waals surface area (Å²) < 4.78 is 0. The van der Waals surface area contributed by atoms with Gasteiger partial charge >= 0.3 is 5.97 Å². The molecule has 0 radical (unpaired) electrons. The molecule has 0 unspecified atom stereocenters. The Morgan fingerprint density at radius 1 is 1.15 bits per heavy atom. The zero-order chi connectivity index (χ0) is 15.3. The van der Waals surface area contributed by atoms with E-state index >= 15 is 0 Å². The van der Waals surface area contributed by atoms with Crippen molar-refractivity contribution in [3.63, 3.8) is 0 Å². The molecule has 0 saturated carbocycles. The molecule has 2 N–H and O–H groups in total. The van der Waals surface area contributed by atoms with Crippen LogP contribution < -0.4 is 4.90 Å². The summed E-state index contributed by atoms with van der Waals surface area (Å²) in [4.78, 5) is 35.7. The number of phenolic OH excluding ortho intramolecular Hbond substituents is 1. The minimum absolute atomic E-state index is 0.107. The number of nitrogens with zero attached hydrogens (tertiary/aromatic N) is 1. The fourth-order valence-electron chi connectivity index (χ4n) is 1.81. The molecule has 0 aliphatic heterocycles. The average molecular weight is 279 g/mol. The smallest absolute Gasteiger partial charge is 0.323 e.